The summed E-state index contributed by atoms with van der Waals surface area (Å²) in [6.07, 6.45) is 1.55. The molecule has 0 aliphatic heterocycles. The minimum atomic E-state index is -3.90. The smallest absolute Gasteiger partial charge is 0 e. The van der Waals surface area contributed by atoms with Gasteiger partial charge in [-0.1, -0.05) is 43.4 Å². The van der Waals surface area contributed by atoms with Crippen LogP contribution in [0.1, 0.15) is 18.9 Å². The van der Waals surface area contributed by atoms with E-state index in [4.69, 9.17) is 32.6 Å². The minimum Gasteiger partial charge on any atom is 0 e. The molecule has 15 heteroatoms. The third-order valence-electron chi connectivity index (χ3n) is 3.60. The van der Waals surface area contributed by atoms with E-state index in [0.29, 0.717) is 0 Å². The Morgan fingerprint density at radius 1 is 0.951 bits per heavy atom. The second kappa shape index (κ2) is 39.7. The Labute approximate surface area is 264 Å². The molecule has 0 aliphatic rings. The average molecular weight is 694 g/mol. The zero-order chi connectivity index (χ0) is 32.7. The van der Waals surface area contributed by atoms with E-state index in [-0.39, 0.29) is 58.0 Å². The van der Waals surface area contributed by atoms with Crippen molar-refractivity contribution in [1.29, 1.82) is 0 Å². The molecule has 0 bridgehead atoms. The SMILES string of the molecule is C=CCN(C(CC#C[Si](C)(C)C)C(=O)OCC)S(=O)(=O)c1ccc(C)cc1.[C-]#[O+].[C-]#[O+].[C-]#[O+].[C-]#[O+].[C-]#[O+].[C-]#[O+].[Co].[Co]. The molecular formula is C26H29Co2NO10SSi. The maximum Gasteiger partial charge on any atom is 0 e. The summed E-state index contributed by atoms with van der Waals surface area (Å²) in [5.74, 6) is 2.41. The molecule has 0 N–H and O–H groups in total. The Kier molecular flexibility index (Phi) is 56.4. The van der Waals surface area contributed by atoms with Gasteiger partial charge in [0.25, 0.3) is 0 Å². The fourth-order valence-electron chi connectivity index (χ4n) is 2.32. The van der Waals surface area contributed by atoms with E-state index in [9.17, 15) is 13.2 Å². The molecule has 2 radical (unpaired) electrons. The predicted molar refractivity (Wildman–Crippen MR) is 135 cm³/mol. The van der Waals surface area contributed by atoms with Gasteiger partial charge in [-0.25, -0.2) is 8.42 Å². The number of carbonyl (C=O) groups is 1. The molecule has 41 heavy (non-hydrogen) atoms. The van der Waals surface area contributed by atoms with Crippen LogP contribution in [0, 0.1) is 58.3 Å². The summed E-state index contributed by atoms with van der Waals surface area (Å²) in [7, 11) is -5.55. The summed E-state index contributed by atoms with van der Waals surface area (Å²) in [6, 6.07) is 5.51. The zero-order valence-electron chi connectivity index (χ0n) is 22.9. The van der Waals surface area contributed by atoms with Crippen molar-refractivity contribution in [3.05, 3.63) is 82.4 Å². The van der Waals surface area contributed by atoms with Gasteiger partial charge in [0.15, 0.2) is 0 Å². The van der Waals surface area contributed by atoms with Gasteiger partial charge in [0.05, 0.1) is 11.5 Å². The van der Waals surface area contributed by atoms with Gasteiger partial charge in [-0.3, -0.25) is 4.79 Å². The van der Waals surface area contributed by atoms with Gasteiger partial charge in [-0.05, 0) is 26.0 Å². The minimum absolute atomic E-state index is 0. The molecule has 0 spiro atoms. The number of nitrogens with zero attached hydrogens (tertiary/aromatic N) is 1. The molecule has 1 aromatic carbocycles. The molecule has 0 aliphatic carbocycles. The van der Waals surface area contributed by atoms with Crippen LogP contribution >= 0.6 is 0 Å². The van der Waals surface area contributed by atoms with Crippen LogP contribution in [0.5, 0.6) is 0 Å². The number of aryl methyl sites for hydroxylation is 1. The fraction of sp³-hybridized carbons (Fsp3) is 0.346. The van der Waals surface area contributed by atoms with Crippen LogP contribution in [0.3, 0.4) is 0 Å². The molecule has 0 heterocycles. The molecule has 0 fully saturated rings. The number of hydrogen-bond acceptors (Lipinski definition) is 4. The number of carbonyl (C=O) groups excluding carboxylic acids is 1. The van der Waals surface area contributed by atoms with Gasteiger partial charge in [-0.15, -0.1) is 18.0 Å². The molecule has 1 rings (SSSR count). The van der Waals surface area contributed by atoms with E-state index < -0.39 is 30.1 Å². The number of ether oxygens (including phenoxy) is 1. The summed E-state index contributed by atoms with van der Waals surface area (Å²) in [6.45, 7) is 40.6. The molecule has 0 amide bonds. The first kappa shape index (κ1) is 58.3. The van der Waals surface area contributed by atoms with Crippen LogP contribution < -0.4 is 0 Å². The van der Waals surface area contributed by atoms with Crippen LogP contribution in [-0.4, -0.2) is 46.0 Å². The molecule has 1 unspecified atom stereocenters. The summed E-state index contributed by atoms with van der Waals surface area (Å²) >= 11 is 0. The van der Waals surface area contributed by atoms with Crippen molar-refractivity contribution in [1.82, 2.24) is 4.31 Å². The third-order valence-corrected chi connectivity index (χ3v) is 6.42. The van der Waals surface area contributed by atoms with Gasteiger partial charge in [0.1, 0.15) is 14.1 Å². The number of hydrogen-bond donors (Lipinski definition) is 0. The standard InChI is InChI=1S/C20H29NO4SSi.6CO.2Co/c1-7-15-21(26(23,24)18-13-11-17(3)12-14-18)19(20(22)25-8-2)10-9-16-27(4,5)6;6*1-2;;/h7,11-14,19H,1,8,10,15H2,2-6H3;;;;;;;;. The number of sulfonamides is 1. The number of esters is 1. The van der Waals surface area contributed by atoms with E-state index in [0.717, 1.165) is 9.87 Å². The Bertz CT molecular complexity index is 1050. The average Bonchev–Trinajstić information content (AvgIpc) is 2.96. The van der Waals surface area contributed by atoms with Crippen molar-refractivity contribution in [2.45, 2.75) is 50.8 Å². The first-order valence-electron chi connectivity index (χ1n) is 10.1. The molecule has 1 atom stereocenters. The van der Waals surface area contributed by atoms with Crippen molar-refractivity contribution in [2.24, 2.45) is 0 Å². The summed E-state index contributed by atoms with van der Waals surface area (Å²) in [4.78, 5) is 12.7. The topological polar surface area (TPSA) is 183 Å². The van der Waals surface area contributed by atoms with Crippen LogP contribution in [0.15, 0.2) is 41.8 Å². The first-order chi connectivity index (χ1) is 18.5. The normalized spacial score (nSPS) is 8.73. The predicted octanol–water partition coefficient (Wildman–Crippen LogP) is 3.14. The molecule has 0 aromatic heterocycles. The van der Waals surface area contributed by atoms with Crippen LogP contribution in [0.2, 0.25) is 19.6 Å². The maximum atomic E-state index is 13.2. The van der Waals surface area contributed by atoms with Crippen LogP contribution in [0.4, 0.5) is 0 Å². The van der Waals surface area contributed by atoms with E-state index in [1.165, 1.54) is 18.2 Å². The van der Waals surface area contributed by atoms with Gasteiger partial charge in [0, 0.05) is 46.5 Å². The Hall–Kier alpha value is -2.43. The Morgan fingerprint density at radius 3 is 1.66 bits per heavy atom. The molecule has 226 valence electrons. The van der Waals surface area contributed by atoms with Crippen molar-refractivity contribution < 1.29 is 79.4 Å². The number of rotatable bonds is 8. The maximum absolute atomic E-state index is 13.2. The van der Waals surface area contributed by atoms with Crippen molar-refractivity contribution in [3.63, 3.8) is 0 Å². The van der Waals surface area contributed by atoms with Gasteiger partial charge in [0.2, 0.25) is 10.0 Å². The first-order valence-corrected chi connectivity index (χ1v) is 15.1. The van der Waals surface area contributed by atoms with Crippen molar-refractivity contribution in [2.75, 3.05) is 13.2 Å². The van der Waals surface area contributed by atoms with Gasteiger partial charge >= 0.3 is 73.8 Å². The van der Waals surface area contributed by atoms with Crippen molar-refractivity contribution in [3.8, 4) is 11.5 Å². The van der Waals surface area contributed by atoms with Crippen molar-refractivity contribution >= 4 is 24.1 Å². The van der Waals surface area contributed by atoms with Gasteiger partial charge in [-0.2, -0.15) is 4.31 Å². The Balaban J connectivity index is -0.000000115. The monoisotopic (exact) mass is 693 g/mol. The van der Waals surface area contributed by atoms with Crippen LogP contribution in [-0.2, 0) is 81.0 Å². The zero-order valence-corrected chi connectivity index (χ0v) is 26.8. The van der Waals surface area contributed by atoms with E-state index in [1.54, 1.807) is 19.1 Å². The van der Waals surface area contributed by atoms with Gasteiger partial charge < -0.3 is 4.74 Å². The quantitative estimate of drug-likeness (QED) is 0.101. The van der Waals surface area contributed by atoms with E-state index in [1.807, 2.05) is 6.92 Å². The number of benzene rings is 1. The Morgan fingerprint density at radius 2 is 1.34 bits per heavy atom. The second-order valence-electron chi connectivity index (χ2n) is 7.20. The summed E-state index contributed by atoms with van der Waals surface area (Å²) < 4.78 is 77.6. The van der Waals surface area contributed by atoms with E-state index >= 15 is 0 Å². The molecule has 0 saturated heterocycles. The summed E-state index contributed by atoms with van der Waals surface area (Å²) in [5.41, 5.74) is 4.13. The van der Waals surface area contributed by atoms with E-state index in [2.05, 4.69) is 77.6 Å². The fourth-order valence-corrected chi connectivity index (χ4v) is 4.50. The second-order valence-corrected chi connectivity index (χ2v) is 13.8. The third kappa shape index (κ3) is 28.9. The molecule has 11 nitrogen and oxygen atoms in total. The molecular weight excluding hydrogens is 664 g/mol. The molecule has 1 aromatic rings. The largest absolute Gasteiger partial charge is 0 e. The van der Waals surface area contributed by atoms with Crippen LogP contribution in [0.25, 0.3) is 0 Å². The summed E-state index contributed by atoms with van der Waals surface area (Å²) in [5, 5.41) is 0. The molecule has 0 saturated carbocycles.